The Morgan fingerprint density at radius 2 is 1.85 bits per heavy atom. The number of sulfonamides is 1. The molecule has 0 aliphatic carbocycles. The zero-order chi connectivity index (χ0) is 19.4. The lowest BCUT2D eigenvalue weighted by Gasteiger charge is -2.22. The van der Waals surface area contributed by atoms with Crippen molar-refractivity contribution >= 4 is 21.6 Å². The molecule has 2 aromatic carbocycles. The third-order valence-corrected chi connectivity index (χ3v) is 5.18. The number of carbonyl (C=O) groups excluding carboxylic acids is 1. The topological polar surface area (TPSA) is 84.9 Å². The van der Waals surface area contributed by atoms with Crippen LogP contribution in [0.3, 0.4) is 0 Å². The molecular weight excluding hydrogens is 375 g/mol. The summed E-state index contributed by atoms with van der Waals surface area (Å²) in [5, 5.41) is 2.69. The minimum atomic E-state index is -3.59. The number of nitrogens with one attached hydrogen (secondary N) is 1. The van der Waals surface area contributed by atoms with Crippen molar-refractivity contribution in [2.24, 2.45) is 0 Å². The lowest BCUT2D eigenvalue weighted by Crippen LogP contribution is -2.34. The van der Waals surface area contributed by atoms with Crippen LogP contribution in [0.5, 0.6) is 11.5 Å². The zero-order valence-electron chi connectivity index (χ0n) is 14.6. The van der Waals surface area contributed by atoms with E-state index < -0.39 is 10.0 Å². The van der Waals surface area contributed by atoms with E-state index in [0.717, 1.165) is 16.1 Å². The van der Waals surface area contributed by atoms with Crippen LogP contribution < -0.4 is 19.1 Å². The van der Waals surface area contributed by atoms with Crippen molar-refractivity contribution in [3.63, 3.8) is 0 Å². The highest BCUT2D eigenvalue weighted by Crippen LogP contribution is 2.36. The molecule has 1 heterocycles. The molecule has 0 saturated heterocycles. The van der Waals surface area contributed by atoms with Crippen molar-refractivity contribution in [3.05, 3.63) is 53.8 Å². The lowest BCUT2D eigenvalue weighted by atomic mass is 10.2. The van der Waals surface area contributed by atoms with E-state index in [-0.39, 0.29) is 38.0 Å². The van der Waals surface area contributed by atoms with Gasteiger partial charge in [-0.2, -0.15) is 0 Å². The van der Waals surface area contributed by atoms with Gasteiger partial charge in [0.2, 0.25) is 22.7 Å². The van der Waals surface area contributed by atoms with Crippen LogP contribution in [-0.4, -0.2) is 33.9 Å². The van der Waals surface area contributed by atoms with Crippen LogP contribution in [0.2, 0.25) is 0 Å². The first kappa shape index (κ1) is 19.0. The Hall–Kier alpha value is -2.81. The molecule has 3 rings (SSSR count). The van der Waals surface area contributed by atoms with Gasteiger partial charge in [-0.3, -0.25) is 9.10 Å². The number of ether oxygens (including phenoxy) is 2. The summed E-state index contributed by atoms with van der Waals surface area (Å²) in [5.41, 5.74) is 1.15. The standard InChI is InChI=1S/C18H19FN2O5S/c1-27(23,24)21(15-6-7-16-17(10-15)26-12-25-16)9-8-18(22)20-11-13-2-4-14(19)5-3-13/h2-7,10H,8-9,11-12H2,1H3,(H,20,22). The number of fused-ring (bicyclic) bond motifs is 1. The molecule has 0 atom stereocenters. The molecule has 1 N–H and O–H groups in total. The highest BCUT2D eigenvalue weighted by atomic mass is 32.2. The summed E-state index contributed by atoms with van der Waals surface area (Å²) >= 11 is 0. The molecule has 0 fully saturated rings. The van der Waals surface area contributed by atoms with Crippen LogP contribution >= 0.6 is 0 Å². The maximum Gasteiger partial charge on any atom is 0.232 e. The average Bonchev–Trinajstić information content (AvgIpc) is 3.08. The first-order valence-electron chi connectivity index (χ1n) is 8.21. The summed E-state index contributed by atoms with van der Waals surface area (Å²) < 4.78 is 48.8. The Kier molecular flexibility index (Phi) is 5.50. The van der Waals surface area contributed by atoms with Gasteiger partial charge in [-0.1, -0.05) is 12.1 Å². The minimum Gasteiger partial charge on any atom is -0.454 e. The fourth-order valence-corrected chi connectivity index (χ4v) is 3.54. The molecule has 7 nitrogen and oxygen atoms in total. The average molecular weight is 394 g/mol. The fourth-order valence-electron chi connectivity index (χ4n) is 2.62. The van der Waals surface area contributed by atoms with Gasteiger partial charge in [-0.05, 0) is 29.8 Å². The largest absolute Gasteiger partial charge is 0.454 e. The molecule has 0 spiro atoms. The van der Waals surface area contributed by atoms with E-state index in [1.807, 2.05) is 0 Å². The summed E-state index contributed by atoms with van der Waals surface area (Å²) in [5.74, 6) is 0.345. The number of anilines is 1. The van der Waals surface area contributed by atoms with Gasteiger partial charge in [-0.25, -0.2) is 12.8 Å². The van der Waals surface area contributed by atoms with Crippen LogP contribution in [0, 0.1) is 5.82 Å². The molecular formula is C18H19FN2O5S. The van der Waals surface area contributed by atoms with Gasteiger partial charge in [0, 0.05) is 25.6 Å². The van der Waals surface area contributed by atoms with Crippen LogP contribution in [0.1, 0.15) is 12.0 Å². The molecule has 144 valence electrons. The SMILES string of the molecule is CS(=O)(=O)N(CCC(=O)NCc1ccc(F)cc1)c1ccc2c(c1)OCO2. The van der Waals surface area contributed by atoms with Crippen molar-refractivity contribution < 1.29 is 27.1 Å². The van der Waals surface area contributed by atoms with E-state index >= 15 is 0 Å². The van der Waals surface area contributed by atoms with Crippen LogP contribution in [0.4, 0.5) is 10.1 Å². The molecule has 27 heavy (non-hydrogen) atoms. The van der Waals surface area contributed by atoms with E-state index in [2.05, 4.69) is 5.32 Å². The van der Waals surface area contributed by atoms with E-state index in [4.69, 9.17) is 9.47 Å². The number of benzene rings is 2. The van der Waals surface area contributed by atoms with Gasteiger partial charge < -0.3 is 14.8 Å². The first-order valence-corrected chi connectivity index (χ1v) is 10.1. The molecule has 0 saturated carbocycles. The Morgan fingerprint density at radius 3 is 2.56 bits per heavy atom. The van der Waals surface area contributed by atoms with Gasteiger partial charge in [0.1, 0.15) is 5.82 Å². The molecule has 2 aromatic rings. The zero-order valence-corrected chi connectivity index (χ0v) is 15.5. The number of nitrogens with zero attached hydrogens (tertiary/aromatic N) is 1. The lowest BCUT2D eigenvalue weighted by molar-refractivity contribution is -0.121. The van der Waals surface area contributed by atoms with Gasteiger partial charge in [-0.15, -0.1) is 0 Å². The Labute approximate surface area is 156 Å². The molecule has 0 unspecified atom stereocenters. The first-order chi connectivity index (χ1) is 12.8. The molecule has 9 heteroatoms. The number of hydrogen-bond donors (Lipinski definition) is 1. The van der Waals surface area contributed by atoms with E-state index in [0.29, 0.717) is 17.2 Å². The number of halogens is 1. The van der Waals surface area contributed by atoms with Crippen molar-refractivity contribution in [1.82, 2.24) is 5.32 Å². The van der Waals surface area contributed by atoms with Gasteiger partial charge in [0.25, 0.3) is 0 Å². The molecule has 0 aromatic heterocycles. The van der Waals surface area contributed by atoms with Gasteiger partial charge in [0.05, 0.1) is 11.9 Å². The van der Waals surface area contributed by atoms with Crippen LogP contribution in [0.25, 0.3) is 0 Å². The van der Waals surface area contributed by atoms with Crippen molar-refractivity contribution in [1.29, 1.82) is 0 Å². The Morgan fingerprint density at radius 1 is 1.15 bits per heavy atom. The van der Waals surface area contributed by atoms with E-state index in [9.17, 15) is 17.6 Å². The molecule has 1 aliphatic rings. The highest BCUT2D eigenvalue weighted by molar-refractivity contribution is 7.92. The number of rotatable bonds is 7. The summed E-state index contributed by atoms with van der Waals surface area (Å²) in [7, 11) is -3.59. The second kappa shape index (κ2) is 7.83. The van der Waals surface area contributed by atoms with Gasteiger partial charge >= 0.3 is 0 Å². The fraction of sp³-hybridized carbons (Fsp3) is 0.278. The van der Waals surface area contributed by atoms with Crippen LogP contribution in [0.15, 0.2) is 42.5 Å². The van der Waals surface area contributed by atoms with Crippen molar-refractivity contribution in [2.75, 3.05) is 23.9 Å². The number of hydrogen-bond acceptors (Lipinski definition) is 5. The second-order valence-electron chi connectivity index (χ2n) is 6.03. The third kappa shape index (κ3) is 4.88. The quantitative estimate of drug-likeness (QED) is 0.777. The predicted octanol–water partition coefficient (Wildman–Crippen LogP) is 2.03. The van der Waals surface area contributed by atoms with E-state index in [1.165, 1.54) is 12.1 Å². The Bertz CT molecular complexity index is 931. The van der Waals surface area contributed by atoms with Gasteiger partial charge in [0.15, 0.2) is 11.5 Å². The highest BCUT2D eigenvalue weighted by Gasteiger charge is 2.22. The minimum absolute atomic E-state index is 0.0201. The van der Waals surface area contributed by atoms with E-state index in [1.54, 1.807) is 30.3 Å². The summed E-state index contributed by atoms with van der Waals surface area (Å²) in [4.78, 5) is 12.1. The van der Waals surface area contributed by atoms with Crippen molar-refractivity contribution in [2.45, 2.75) is 13.0 Å². The van der Waals surface area contributed by atoms with Crippen molar-refractivity contribution in [3.8, 4) is 11.5 Å². The summed E-state index contributed by atoms with van der Waals surface area (Å²) in [6, 6.07) is 10.6. The number of carbonyl (C=O) groups is 1. The van der Waals surface area contributed by atoms with Crippen LogP contribution in [-0.2, 0) is 21.4 Å². The molecule has 1 aliphatic heterocycles. The molecule has 0 bridgehead atoms. The molecule has 1 amide bonds. The Balaban J connectivity index is 1.62. The summed E-state index contributed by atoms with van der Waals surface area (Å²) in [6.07, 6.45) is 1.05. The number of amides is 1. The smallest absolute Gasteiger partial charge is 0.232 e. The summed E-state index contributed by atoms with van der Waals surface area (Å²) in [6.45, 7) is 0.305. The maximum atomic E-state index is 12.9. The second-order valence-corrected chi connectivity index (χ2v) is 7.93. The predicted molar refractivity (Wildman–Crippen MR) is 97.6 cm³/mol. The monoisotopic (exact) mass is 394 g/mol. The maximum absolute atomic E-state index is 12.9. The molecule has 0 radical (unpaired) electrons. The third-order valence-electron chi connectivity index (χ3n) is 3.99. The normalized spacial score (nSPS) is 12.7.